The van der Waals surface area contributed by atoms with Gasteiger partial charge in [0.15, 0.2) is 17.8 Å². The van der Waals surface area contributed by atoms with Crippen molar-refractivity contribution in [2.24, 2.45) is 11.8 Å². The third-order valence-corrected chi connectivity index (χ3v) is 6.68. The molecule has 1 aromatic heterocycles. The number of benzene rings is 1. The zero-order valence-electron chi connectivity index (χ0n) is 16.3. The number of carbonyl (C=O) groups is 1. The van der Waals surface area contributed by atoms with Gasteiger partial charge in [-0.1, -0.05) is 6.42 Å². The highest BCUT2D eigenvalue weighted by Gasteiger charge is 2.43. The van der Waals surface area contributed by atoms with E-state index < -0.39 is 0 Å². The fourth-order valence-corrected chi connectivity index (χ4v) is 5.43. The number of ether oxygens (including phenoxy) is 1. The highest BCUT2D eigenvalue weighted by atomic mass is 16.5. The lowest BCUT2D eigenvalue weighted by Crippen LogP contribution is -2.59. The van der Waals surface area contributed by atoms with Crippen LogP contribution in [0.15, 0.2) is 35.1 Å². The SMILES string of the molecule is COc1ccc(-c2ocnc2C(=O)N2C[C@@H]3C[C@H](C2)[C@@H]2CCCCN2C3)cc1. The molecular formula is C22H27N3O3. The average Bonchev–Trinajstić information content (AvgIpc) is 3.23. The Labute approximate surface area is 165 Å². The topological polar surface area (TPSA) is 58.8 Å². The minimum absolute atomic E-state index is 0.00136. The molecule has 6 nitrogen and oxygen atoms in total. The molecule has 0 unspecified atom stereocenters. The molecule has 0 radical (unpaired) electrons. The molecule has 1 aromatic carbocycles. The van der Waals surface area contributed by atoms with Crippen molar-refractivity contribution in [1.82, 2.24) is 14.8 Å². The van der Waals surface area contributed by atoms with Gasteiger partial charge in [-0.25, -0.2) is 4.98 Å². The van der Waals surface area contributed by atoms with Crippen molar-refractivity contribution in [3.8, 4) is 17.1 Å². The maximum absolute atomic E-state index is 13.3. The van der Waals surface area contributed by atoms with E-state index in [1.54, 1.807) is 7.11 Å². The Morgan fingerprint density at radius 3 is 2.86 bits per heavy atom. The maximum Gasteiger partial charge on any atom is 0.276 e. The van der Waals surface area contributed by atoms with Gasteiger partial charge in [-0.3, -0.25) is 9.69 Å². The van der Waals surface area contributed by atoms with Gasteiger partial charge in [0.05, 0.1) is 7.11 Å². The number of fused-ring (bicyclic) bond motifs is 4. The van der Waals surface area contributed by atoms with Crippen molar-refractivity contribution < 1.29 is 13.9 Å². The van der Waals surface area contributed by atoms with E-state index in [9.17, 15) is 4.79 Å². The van der Waals surface area contributed by atoms with Crippen LogP contribution < -0.4 is 4.74 Å². The second-order valence-electron chi connectivity index (χ2n) is 8.39. The molecular weight excluding hydrogens is 354 g/mol. The van der Waals surface area contributed by atoms with E-state index in [1.807, 2.05) is 29.2 Å². The predicted molar refractivity (Wildman–Crippen MR) is 105 cm³/mol. The minimum Gasteiger partial charge on any atom is -0.497 e. The standard InChI is InChI=1S/C22H27N3O3/c1-27-18-7-5-16(6-8-18)21-20(23-14-28-21)22(26)25-12-15-10-17(13-25)19-4-2-3-9-24(19)11-15/h5-8,14-15,17,19H,2-4,9-13H2,1H3/t15-,17-,19+/m1/s1. The summed E-state index contributed by atoms with van der Waals surface area (Å²) in [5.74, 6) is 2.49. The van der Waals surface area contributed by atoms with Crippen molar-refractivity contribution in [1.29, 1.82) is 0 Å². The fourth-order valence-electron chi connectivity index (χ4n) is 5.43. The normalized spacial score (nSPS) is 27.3. The Balaban J connectivity index is 1.37. The molecule has 3 saturated heterocycles. The smallest absolute Gasteiger partial charge is 0.276 e. The van der Waals surface area contributed by atoms with Crippen LogP contribution in [0.1, 0.15) is 36.2 Å². The molecule has 3 atom stereocenters. The molecule has 0 saturated carbocycles. The molecule has 0 spiro atoms. The molecule has 6 heteroatoms. The lowest BCUT2D eigenvalue weighted by atomic mass is 9.76. The lowest BCUT2D eigenvalue weighted by molar-refractivity contribution is -0.0244. The van der Waals surface area contributed by atoms with Crippen molar-refractivity contribution in [2.45, 2.75) is 31.7 Å². The molecule has 0 N–H and O–H groups in total. The maximum atomic E-state index is 13.3. The molecule has 2 bridgehead atoms. The quantitative estimate of drug-likeness (QED) is 0.816. The Morgan fingerprint density at radius 2 is 2.04 bits per heavy atom. The van der Waals surface area contributed by atoms with Gasteiger partial charge in [0.2, 0.25) is 0 Å². The average molecular weight is 381 g/mol. The second kappa shape index (κ2) is 7.24. The number of rotatable bonds is 3. The highest BCUT2D eigenvalue weighted by molar-refractivity contribution is 5.97. The van der Waals surface area contributed by atoms with Crippen LogP contribution in [-0.2, 0) is 0 Å². The molecule has 2 aromatic rings. The number of oxazole rings is 1. The number of nitrogens with zero attached hydrogens (tertiary/aromatic N) is 3. The van der Waals surface area contributed by atoms with Crippen LogP contribution >= 0.6 is 0 Å². The van der Waals surface area contributed by atoms with Crippen LogP contribution in [0.3, 0.4) is 0 Å². The van der Waals surface area contributed by atoms with Crippen LogP contribution in [0.2, 0.25) is 0 Å². The Hall–Kier alpha value is -2.34. The molecule has 28 heavy (non-hydrogen) atoms. The molecule has 5 rings (SSSR count). The van der Waals surface area contributed by atoms with E-state index in [1.165, 1.54) is 38.6 Å². The van der Waals surface area contributed by atoms with E-state index in [2.05, 4.69) is 9.88 Å². The van der Waals surface area contributed by atoms with Gasteiger partial charge < -0.3 is 14.1 Å². The largest absolute Gasteiger partial charge is 0.497 e. The van der Waals surface area contributed by atoms with Crippen molar-refractivity contribution in [3.63, 3.8) is 0 Å². The van der Waals surface area contributed by atoms with Gasteiger partial charge in [0, 0.05) is 31.2 Å². The summed E-state index contributed by atoms with van der Waals surface area (Å²) in [4.78, 5) is 22.3. The Kier molecular flexibility index (Phi) is 4.59. The molecule has 148 valence electrons. The Morgan fingerprint density at radius 1 is 1.18 bits per heavy atom. The van der Waals surface area contributed by atoms with E-state index in [0.717, 1.165) is 30.9 Å². The molecule has 3 fully saturated rings. The summed E-state index contributed by atoms with van der Waals surface area (Å²) in [5.41, 5.74) is 1.27. The van der Waals surface area contributed by atoms with Crippen LogP contribution in [-0.4, -0.2) is 60.0 Å². The summed E-state index contributed by atoms with van der Waals surface area (Å²) in [7, 11) is 1.64. The first-order chi connectivity index (χ1) is 13.7. The zero-order chi connectivity index (χ0) is 19.1. The summed E-state index contributed by atoms with van der Waals surface area (Å²) < 4.78 is 10.8. The minimum atomic E-state index is -0.00136. The second-order valence-corrected chi connectivity index (χ2v) is 8.39. The van der Waals surface area contributed by atoms with Gasteiger partial charge >= 0.3 is 0 Å². The summed E-state index contributed by atoms with van der Waals surface area (Å²) in [6.45, 7) is 4.03. The number of methoxy groups -OCH3 is 1. The number of likely N-dealkylation sites (tertiary alicyclic amines) is 1. The van der Waals surface area contributed by atoms with E-state index >= 15 is 0 Å². The fraction of sp³-hybridized carbons (Fsp3) is 0.545. The molecule has 3 aliphatic rings. The van der Waals surface area contributed by atoms with Crippen molar-refractivity contribution in [3.05, 3.63) is 36.4 Å². The van der Waals surface area contributed by atoms with Gasteiger partial charge in [-0.2, -0.15) is 0 Å². The number of hydrogen-bond donors (Lipinski definition) is 0. The summed E-state index contributed by atoms with van der Waals surface area (Å²) in [5, 5.41) is 0. The van der Waals surface area contributed by atoms with Gasteiger partial charge in [0.25, 0.3) is 5.91 Å². The third kappa shape index (κ3) is 3.09. The molecule has 0 aliphatic carbocycles. The zero-order valence-corrected chi connectivity index (χ0v) is 16.3. The van der Waals surface area contributed by atoms with Crippen LogP contribution in [0, 0.1) is 11.8 Å². The number of carbonyl (C=O) groups excluding carboxylic acids is 1. The third-order valence-electron chi connectivity index (χ3n) is 6.68. The lowest BCUT2D eigenvalue weighted by Gasteiger charge is -2.52. The Bertz CT molecular complexity index is 847. The number of piperidine rings is 3. The summed E-state index contributed by atoms with van der Waals surface area (Å²) >= 11 is 0. The first kappa shape index (κ1) is 17.7. The monoisotopic (exact) mass is 381 g/mol. The van der Waals surface area contributed by atoms with Crippen molar-refractivity contribution >= 4 is 5.91 Å². The van der Waals surface area contributed by atoms with E-state index in [4.69, 9.17) is 9.15 Å². The van der Waals surface area contributed by atoms with E-state index in [0.29, 0.717) is 29.3 Å². The van der Waals surface area contributed by atoms with Crippen LogP contribution in [0.5, 0.6) is 5.75 Å². The highest BCUT2D eigenvalue weighted by Crippen LogP contribution is 2.38. The van der Waals surface area contributed by atoms with Gasteiger partial charge in [-0.05, 0) is 61.9 Å². The van der Waals surface area contributed by atoms with Crippen LogP contribution in [0.4, 0.5) is 0 Å². The summed E-state index contributed by atoms with van der Waals surface area (Å²) in [6, 6.07) is 8.20. The van der Waals surface area contributed by atoms with Crippen LogP contribution in [0.25, 0.3) is 11.3 Å². The predicted octanol–water partition coefficient (Wildman–Crippen LogP) is 3.30. The molecule has 4 heterocycles. The molecule has 3 aliphatic heterocycles. The number of aromatic nitrogens is 1. The van der Waals surface area contributed by atoms with E-state index in [-0.39, 0.29) is 5.91 Å². The number of hydrogen-bond acceptors (Lipinski definition) is 5. The number of amides is 1. The van der Waals surface area contributed by atoms with Gasteiger partial charge in [-0.15, -0.1) is 0 Å². The summed E-state index contributed by atoms with van der Waals surface area (Å²) in [6.07, 6.45) is 6.56. The van der Waals surface area contributed by atoms with Gasteiger partial charge in [0.1, 0.15) is 5.75 Å². The first-order valence-corrected chi connectivity index (χ1v) is 10.3. The first-order valence-electron chi connectivity index (χ1n) is 10.3. The van der Waals surface area contributed by atoms with Crippen molar-refractivity contribution in [2.75, 3.05) is 33.3 Å². The molecule has 1 amide bonds.